The number of thioether (sulfide) groups is 2. The third-order valence-corrected chi connectivity index (χ3v) is 6.34. The number of rotatable bonds is 7. The molecule has 0 aliphatic rings. The van der Waals surface area contributed by atoms with E-state index in [-0.39, 0.29) is 17.1 Å². The molecule has 0 radical (unpaired) electrons. The first-order valence-corrected chi connectivity index (χ1v) is 11.6. The van der Waals surface area contributed by atoms with Crippen LogP contribution in [0.25, 0.3) is 11.4 Å². The quantitative estimate of drug-likeness (QED) is 0.406. The molecule has 2 aromatic carbocycles. The van der Waals surface area contributed by atoms with E-state index in [9.17, 15) is 4.79 Å². The Balaban J connectivity index is 1.64. The Hall–Kier alpha value is -2.96. The summed E-state index contributed by atoms with van der Waals surface area (Å²) in [5, 5.41) is 20.4. The second kappa shape index (κ2) is 9.90. The van der Waals surface area contributed by atoms with Gasteiger partial charge in [0.25, 0.3) is 0 Å². The summed E-state index contributed by atoms with van der Waals surface area (Å²) >= 11 is 2.59. The van der Waals surface area contributed by atoms with Crippen molar-refractivity contribution in [3.8, 4) is 17.5 Å². The van der Waals surface area contributed by atoms with Crippen LogP contribution in [-0.4, -0.2) is 32.3 Å². The maximum Gasteiger partial charge on any atom is 0.234 e. The van der Waals surface area contributed by atoms with E-state index in [1.165, 1.54) is 33.8 Å². The van der Waals surface area contributed by atoms with Gasteiger partial charge in [-0.25, -0.2) is 4.68 Å². The van der Waals surface area contributed by atoms with Gasteiger partial charge in [-0.2, -0.15) is 5.26 Å². The molecule has 9 heteroatoms. The number of carbonyl (C=O) groups excluding carboxylic acids is 1. The van der Waals surface area contributed by atoms with Gasteiger partial charge >= 0.3 is 0 Å². The average molecular weight is 453 g/mol. The normalized spacial score (nSPS) is 11.2. The summed E-state index contributed by atoms with van der Waals surface area (Å²) in [4.78, 5) is 13.3. The van der Waals surface area contributed by atoms with Gasteiger partial charge in [0, 0.05) is 10.5 Å². The van der Waals surface area contributed by atoms with Gasteiger partial charge < -0.3 is 11.2 Å². The molecule has 0 atom stereocenters. The van der Waals surface area contributed by atoms with Crippen molar-refractivity contribution in [2.75, 3.05) is 22.7 Å². The van der Waals surface area contributed by atoms with Gasteiger partial charge in [-0.05, 0) is 23.1 Å². The van der Waals surface area contributed by atoms with Crippen molar-refractivity contribution in [2.45, 2.75) is 36.2 Å². The lowest BCUT2D eigenvalue weighted by Gasteiger charge is -2.19. The van der Waals surface area contributed by atoms with E-state index in [0.717, 1.165) is 10.5 Å². The van der Waals surface area contributed by atoms with Gasteiger partial charge in [-0.15, -0.1) is 22.0 Å². The van der Waals surface area contributed by atoms with Gasteiger partial charge in [-0.3, -0.25) is 4.79 Å². The molecule has 1 amide bonds. The molecule has 7 nitrogen and oxygen atoms in total. The number of nitrogens with zero attached hydrogens (tertiary/aromatic N) is 4. The molecular formula is C22H24N6OS2. The lowest BCUT2D eigenvalue weighted by Crippen LogP contribution is -2.17. The highest BCUT2D eigenvalue weighted by molar-refractivity contribution is 8.00. The molecule has 31 heavy (non-hydrogen) atoms. The van der Waals surface area contributed by atoms with Gasteiger partial charge in [0.2, 0.25) is 11.1 Å². The van der Waals surface area contributed by atoms with Crippen molar-refractivity contribution in [1.82, 2.24) is 14.9 Å². The fraction of sp³-hybridized carbons (Fsp3) is 0.273. The number of nitrogens with two attached hydrogens (primary N) is 1. The van der Waals surface area contributed by atoms with E-state index in [2.05, 4.69) is 54.5 Å². The van der Waals surface area contributed by atoms with E-state index < -0.39 is 0 Å². The maximum absolute atomic E-state index is 12.4. The first-order chi connectivity index (χ1) is 14.8. The van der Waals surface area contributed by atoms with Crippen LogP contribution in [0.4, 0.5) is 5.69 Å². The van der Waals surface area contributed by atoms with Crippen LogP contribution in [-0.2, 0) is 10.2 Å². The summed E-state index contributed by atoms with van der Waals surface area (Å²) in [7, 11) is 0. The lowest BCUT2D eigenvalue weighted by molar-refractivity contribution is -0.113. The number of nitriles is 1. The summed E-state index contributed by atoms with van der Waals surface area (Å²) in [5.74, 6) is 6.99. The summed E-state index contributed by atoms with van der Waals surface area (Å²) in [6, 6.07) is 17.6. The third kappa shape index (κ3) is 5.81. The Bertz CT molecular complexity index is 1100. The molecule has 0 aliphatic carbocycles. The minimum atomic E-state index is -0.186. The summed E-state index contributed by atoms with van der Waals surface area (Å²) in [6.07, 6.45) is 0. The summed E-state index contributed by atoms with van der Waals surface area (Å²) in [6.45, 7) is 6.48. The second-order valence-electron chi connectivity index (χ2n) is 7.78. The molecule has 3 N–H and O–H groups in total. The van der Waals surface area contributed by atoms with Crippen molar-refractivity contribution in [2.24, 2.45) is 0 Å². The molecular weight excluding hydrogens is 428 g/mol. The highest BCUT2D eigenvalue weighted by Crippen LogP contribution is 2.28. The molecule has 3 aromatic rings. The van der Waals surface area contributed by atoms with E-state index in [1.54, 1.807) is 0 Å². The summed E-state index contributed by atoms with van der Waals surface area (Å²) < 4.78 is 1.40. The second-order valence-corrected chi connectivity index (χ2v) is 9.74. The topological polar surface area (TPSA) is 110 Å². The van der Waals surface area contributed by atoms with Crippen LogP contribution in [0.2, 0.25) is 0 Å². The van der Waals surface area contributed by atoms with Crippen molar-refractivity contribution >= 4 is 35.1 Å². The predicted octanol–water partition coefficient (Wildman–Crippen LogP) is 4.30. The van der Waals surface area contributed by atoms with Crippen LogP contribution in [0.1, 0.15) is 26.3 Å². The molecule has 1 heterocycles. The number of hydrogen-bond donors (Lipinski definition) is 2. The van der Waals surface area contributed by atoms with Crippen LogP contribution in [0.15, 0.2) is 58.6 Å². The maximum atomic E-state index is 12.4. The first-order valence-electron chi connectivity index (χ1n) is 9.62. The van der Waals surface area contributed by atoms with Crippen molar-refractivity contribution < 1.29 is 4.79 Å². The molecule has 0 saturated heterocycles. The standard InChI is InChI=1S/C22H24N6OS2/c1-22(2,3)16-10-8-15(9-11-16)20-26-27-21(28(20)24)31-14-19(29)25-17-6-4-5-7-18(17)30-13-12-23/h4-11H,13-14,24H2,1-3H3,(H,25,29). The van der Waals surface area contributed by atoms with Gasteiger partial charge in [0.1, 0.15) is 0 Å². The number of amides is 1. The van der Waals surface area contributed by atoms with Crippen molar-refractivity contribution in [1.29, 1.82) is 5.26 Å². The van der Waals surface area contributed by atoms with Crippen LogP contribution >= 0.6 is 23.5 Å². The van der Waals surface area contributed by atoms with E-state index in [1.807, 2.05) is 36.4 Å². The number of hydrogen-bond acceptors (Lipinski definition) is 7. The fourth-order valence-corrected chi connectivity index (χ4v) is 4.14. The Morgan fingerprint density at radius 2 is 1.84 bits per heavy atom. The zero-order valence-electron chi connectivity index (χ0n) is 17.6. The average Bonchev–Trinajstić information content (AvgIpc) is 3.11. The van der Waals surface area contributed by atoms with E-state index in [4.69, 9.17) is 11.1 Å². The van der Waals surface area contributed by atoms with Gasteiger partial charge in [0.15, 0.2) is 5.82 Å². The Labute approximate surface area is 190 Å². The lowest BCUT2D eigenvalue weighted by atomic mass is 9.87. The Morgan fingerprint density at radius 3 is 2.52 bits per heavy atom. The number of aromatic nitrogens is 3. The highest BCUT2D eigenvalue weighted by Gasteiger charge is 2.17. The van der Waals surface area contributed by atoms with Crippen LogP contribution in [0.5, 0.6) is 0 Å². The van der Waals surface area contributed by atoms with Gasteiger partial charge in [0.05, 0.1) is 23.3 Å². The molecule has 0 aliphatic heterocycles. The summed E-state index contributed by atoms with van der Waals surface area (Å²) in [5.41, 5.74) is 2.83. The monoisotopic (exact) mass is 452 g/mol. The molecule has 3 rings (SSSR count). The smallest absolute Gasteiger partial charge is 0.234 e. The molecule has 0 spiro atoms. The van der Waals surface area contributed by atoms with Crippen LogP contribution in [0.3, 0.4) is 0 Å². The molecule has 0 unspecified atom stereocenters. The molecule has 0 saturated carbocycles. The fourth-order valence-electron chi connectivity index (χ4n) is 2.81. The number of para-hydroxylation sites is 1. The minimum Gasteiger partial charge on any atom is -0.335 e. The number of anilines is 1. The molecule has 0 fully saturated rings. The van der Waals surface area contributed by atoms with Crippen molar-refractivity contribution in [3.05, 3.63) is 54.1 Å². The third-order valence-electron chi connectivity index (χ3n) is 4.46. The Kier molecular flexibility index (Phi) is 7.25. The number of carbonyl (C=O) groups is 1. The van der Waals surface area contributed by atoms with E-state index >= 15 is 0 Å². The molecule has 0 bridgehead atoms. The number of nitrogens with one attached hydrogen (secondary N) is 1. The predicted molar refractivity (Wildman–Crippen MR) is 126 cm³/mol. The van der Waals surface area contributed by atoms with E-state index in [0.29, 0.717) is 22.4 Å². The van der Waals surface area contributed by atoms with Crippen LogP contribution < -0.4 is 11.2 Å². The number of nitrogen functional groups attached to an aromatic ring is 1. The Morgan fingerprint density at radius 1 is 1.13 bits per heavy atom. The van der Waals surface area contributed by atoms with Crippen molar-refractivity contribution in [3.63, 3.8) is 0 Å². The molecule has 160 valence electrons. The SMILES string of the molecule is CC(C)(C)c1ccc(-c2nnc(SCC(=O)Nc3ccccc3SCC#N)n2N)cc1. The first kappa shape index (κ1) is 22.7. The number of benzene rings is 2. The largest absolute Gasteiger partial charge is 0.335 e. The highest BCUT2D eigenvalue weighted by atomic mass is 32.2. The zero-order valence-corrected chi connectivity index (χ0v) is 19.3. The minimum absolute atomic E-state index is 0.0645. The zero-order chi connectivity index (χ0) is 22.4. The molecule has 1 aromatic heterocycles. The van der Waals surface area contributed by atoms with Gasteiger partial charge in [-0.1, -0.05) is 68.9 Å². The van der Waals surface area contributed by atoms with Crippen LogP contribution in [0, 0.1) is 11.3 Å².